The molecule has 4 rings (SSSR count). The first-order valence-electron chi connectivity index (χ1n) is 9.93. The molecule has 1 aromatic carbocycles. The number of benzene rings is 1. The Morgan fingerprint density at radius 1 is 1.19 bits per heavy atom. The first-order valence-corrected chi connectivity index (χ1v) is 10.3. The third-order valence-corrected chi connectivity index (χ3v) is 6.19. The van der Waals surface area contributed by atoms with Gasteiger partial charge in [-0.05, 0) is 49.7 Å². The third kappa shape index (κ3) is 4.26. The smallest absolute Gasteiger partial charge is 0.225 e. The van der Waals surface area contributed by atoms with Crippen LogP contribution in [-0.2, 0) is 13.0 Å². The van der Waals surface area contributed by atoms with Crippen LogP contribution in [0.1, 0.15) is 48.5 Å². The highest BCUT2D eigenvalue weighted by molar-refractivity contribution is 6.31. The lowest BCUT2D eigenvalue weighted by Crippen LogP contribution is -2.36. The molecule has 1 aliphatic carbocycles. The van der Waals surface area contributed by atoms with Crippen molar-refractivity contribution in [3.05, 3.63) is 52.3 Å². The summed E-state index contributed by atoms with van der Waals surface area (Å²) in [5, 5.41) is 13.8. The summed E-state index contributed by atoms with van der Waals surface area (Å²) in [6.45, 7) is 2.90. The van der Waals surface area contributed by atoms with Crippen molar-refractivity contribution in [1.82, 2.24) is 15.3 Å². The van der Waals surface area contributed by atoms with Gasteiger partial charge in [-0.3, -0.25) is 0 Å². The Kier molecular flexibility index (Phi) is 5.91. The Hall–Kier alpha value is -1.69. The monoisotopic (exact) mass is 386 g/mol. The summed E-state index contributed by atoms with van der Waals surface area (Å²) in [5.41, 5.74) is 3.52. The number of rotatable bonds is 5. The van der Waals surface area contributed by atoms with Crippen molar-refractivity contribution in [2.75, 3.05) is 24.6 Å². The van der Waals surface area contributed by atoms with E-state index in [0.29, 0.717) is 5.92 Å². The van der Waals surface area contributed by atoms with Crippen molar-refractivity contribution in [3.8, 4) is 0 Å². The molecule has 0 saturated carbocycles. The number of anilines is 1. The number of aliphatic hydroxyl groups is 1. The first-order chi connectivity index (χ1) is 13.2. The Labute approximate surface area is 165 Å². The number of fused-ring (bicyclic) bond motifs is 1. The van der Waals surface area contributed by atoms with E-state index in [1.165, 1.54) is 11.3 Å². The van der Waals surface area contributed by atoms with Gasteiger partial charge in [-0.1, -0.05) is 29.8 Å². The Bertz CT molecular complexity index is 777. The van der Waals surface area contributed by atoms with Gasteiger partial charge in [0, 0.05) is 49.1 Å². The molecule has 0 radical (unpaired) electrons. The highest BCUT2D eigenvalue weighted by Crippen LogP contribution is 2.30. The molecule has 5 nitrogen and oxygen atoms in total. The summed E-state index contributed by atoms with van der Waals surface area (Å²) in [4.78, 5) is 11.8. The zero-order valence-electron chi connectivity index (χ0n) is 15.6. The highest BCUT2D eigenvalue weighted by atomic mass is 35.5. The maximum atomic E-state index is 9.32. The Morgan fingerprint density at radius 2 is 2.00 bits per heavy atom. The van der Waals surface area contributed by atoms with Crippen molar-refractivity contribution >= 4 is 17.5 Å². The molecule has 0 bridgehead atoms. The van der Waals surface area contributed by atoms with Gasteiger partial charge in [-0.2, -0.15) is 0 Å². The SMILES string of the molecule is OCC1CCN(c2ncc3c(n2)CCCC3NCc2ccccc2Cl)CC1. The van der Waals surface area contributed by atoms with E-state index in [9.17, 15) is 5.11 Å². The van der Waals surface area contributed by atoms with Crippen LogP contribution in [0.2, 0.25) is 5.02 Å². The lowest BCUT2D eigenvalue weighted by molar-refractivity contribution is 0.202. The van der Waals surface area contributed by atoms with Crippen LogP contribution in [0.15, 0.2) is 30.5 Å². The van der Waals surface area contributed by atoms with E-state index in [2.05, 4.69) is 21.3 Å². The molecule has 2 aromatic rings. The van der Waals surface area contributed by atoms with Crippen LogP contribution < -0.4 is 10.2 Å². The molecule has 1 atom stereocenters. The normalized spacial score (nSPS) is 20.5. The number of nitrogens with one attached hydrogen (secondary N) is 1. The van der Waals surface area contributed by atoms with E-state index in [4.69, 9.17) is 16.6 Å². The van der Waals surface area contributed by atoms with Gasteiger partial charge in [0.25, 0.3) is 0 Å². The molecule has 0 spiro atoms. The number of aliphatic hydroxyl groups excluding tert-OH is 1. The van der Waals surface area contributed by atoms with Crippen LogP contribution in [0.3, 0.4) is 0 Å². The molecule has 6 heteroatoms. The topological polar surface area (TPSA) is 61.3 Å². The molecule has 144 valence electrons. The number of aryl methyl sites for hydroxylation is 1. The number of halogens is 1. The van der Waals surface area contributed by atoms with Crippen molar-refractivity contribution < 1.29 is 5.11 Å². The van der Waals surface area contributed by atoms with Crippen molar-refractivity contribution in [2.24, 2.45) is 5.92 Å². The van der Waals surface area contributed by atoms with Crippen LogP contribution in [0.25, 0.3) is 0 Å². The van der Waals surface area contributed by atoms with E-state index >= 15 is 0 Å². The van der Waals surface area contributed by atoms with Crippen molar-refractivity contribution in [1.29, 1.82) is 0 Å². The molecule has 2 aliphatic rings. The Morgan fingerprint density at radius 3 is 2.78 bits per heavy atom. The van der Waals surface area contributed by atoms with Gasteiger partial charge in [0.15, 0.2) is 0 Å². The quantitative estimate of drug-likeness (QED) is 0.823. The van der Waals surface area contributed by atoms with Gasteiger partial charge in [0.05, 0.1) is 5.69 Å². The molecule has 1 saturated heterocycles. The van der Waals surface area contributed by atoms with Gasteiger partial charge in [0.1, 0.15) is 0 Å². The molecule has 2 N–H and O–H groups in total. The average Bonchev–Trinajstić information content (AvgIpc) is 2.73. The molecule has 1 aliphatic heterocycles. The van der Waals surface area contributed by atoms with E-state index in [1.807, 2.05) is 24.4 Å². The third-order valence-electron chi connectivity index (χ3n) is 5.82. The number of hydrogen-bond donors (Lipinski definition) is 2. The standard InChI is InChI=1S/C21H27ClN4O/c22-18-5-2-1-4-16(18)12-23-19-6-3-7-20-17(19)13-24-21(25-20)26-10-8-15(14-27)9-11-26/h1-2,4-5,13,15,19,23,27H,3,6-12,14H2. The summed E-state index contributed by atoms with van der Waals surface area (Å²) >= 11 is 6.28. The van der Waals surface area contributed by atoms with Crippen molar-refractivity contribution in [3.63, 3.8) is 0 Å². The minimum Gasteiger partial charge on any atom is -0.396 e. The fourth-order valence-corrected chi connectivity index (χ4v) is 4.29. The van der Waals surface area contributed by atoms with Crippen LogP contribution in [0, 0.1) is 5.92 Å². The average molecular weight is 387 g/mol. The highest BCUT2D eigenvalue weighted by Gasteiger charge is 2.25. The molecule has 1 aromatic heterocycles. The van der Waals surface area contributed by atoms with E-state index < -0.39 is 0 Å². The molecular formula is C21H27ClN4O. The lowest BCUT2D eigenvalue weighted by Gasteiger charge is -2.32. The largest absolute Gasteiger partial charge is 0.396 e. The second-order valence-electron chi connectivity index (χ2n) is 7.60. The zero-order chi connectivity index (χ0) is 18.6. The van der Waals surface area contributed by atoms with Gasteiger partial charge in [0.2, 0.25) is 5.95 Å². The number of nitrogens with zero attached hydrogens (tertiary/aromatic N) is 3. The van der Waals surface area contributed by atoms with Crippen LogP contribution in [-0.4, -0.2) is 34.8 Å². The maximum Gasteiger partial charge on any atom is 0.225 e. The molecule has 1 unspecified atom stereocenters. The van der Waals surface area contributed by atoms with Crippen molar-refractivity contribution in [2.45, 2.75) is 44.7 Å². The van der Waals surface area contributed by atoms with Crippen LogP contribution >= 0.6 is 11.6 Å². The molecule has 27 heavy (non-hydrogen) atoms. The maximum absolute atomic E-state index is 9.32. The second kappa shape index (κ2) is 8.55. The number of aromatic nitrogens is 2. The summed E-state index contributed by atoms with van der Waals surface area (Å²) < 4.78 is 0. The Balaban J connectivity index is 1.45. The fraction of sp³-hybridized carbons (Fsp3) is 0.524. The fourth-order valence-electron chi connectivity index (χ4n) is 4.09. The first kappa shape index (κ1) is 18.7. The summed E-state index contributed by atoms with van der Waals surface area (Å²) in [6.07, 6.45) is 7.29. The molecule has 2 heterocycles. The van der Waals surface area contributed by atoms with Crippen LogP contribution in [0.5, 0.6) is 0 Å². The van der Waals surface area contributed by atoms with Gasteiger partial charge >= 0.3 is 0 Å². The van der Waals surface area contributed by atoms with Crippen LogP contribution in [0.4, 0.5) is 5.95 Å². The minimum atomic E-state index is 0.277. The van der Waals surface area contributed by atoms with Gasteiger partial charge in [-0.15, -0.1) is 0 Å². The lowest BCUT2D eigenvalue weighted by atomic mass is 9.92. The second-order valence-corrected chi connectivity index (χ2v) is 8.01. The predicted octanol–water partition coefficient (Wildman–Crippen LogP) is 3.51. The zero-order valence-corrected chi connectivity index (χ0v) is 16.3. The van der Waals surface area contributed by atoms with E-state index in [-0.39, 0.29) is 12.6 Å². The summed E-state index contributed by atoms with van der Waals surface area (Å²) in [7, 11) is 0. The summed E-state index contributed by atoms with van der Waals surface area (Å²) in [5.74, 6) is 1.27. The minimum absolute atomic E-state index is 0.277. The van der Waals surface area contributed by atoms with Gasteiger partial charge in [-0.25, -0.2) is 9.97 Å². The molecule has 0 amide bonds. The number of hydrogen-bond acceptors (Lipinski definition) is 5. The van der Waals surface area contributed by atoms with E-state index in [1.54, 1.807) is 0 Å². The number of piperidine rings is 1. The summed E-state index contributed by atoms with van der Waals surface area (Å²) in [6, 6.07) is 8.25. The van der Waals surface area contributed by atoms with E-state index in [0.717, 1.165) is 68.3 Å². The molecule has 1 fully saturated rings. The molecular weight excluding hydrogens is 360 g/mol. The predicted molar refractivity (Wildman–Crippen MR) is 108 cm³/mol. The van der Waals surface area contributed by atoms with Gasteiger partial charge < -0.3 is 15.3 Å².